The fraction of sp³-hybridized carbons (Fsp3) is 0. The van der Waals surface area contributed by atoms with Crippen molar-refractivity contribution in [3.05, 3.63) is 53.0 Å². The largest absolute Gasteiger partial charge is 0.323 e. The number of urea groups is 1. The van der Waals surface area contributed by atoms with Gasteiger partial charge < -0.3 is 10.6 Å². The SMILES string of the molecule is O=C(Nc1cccc(Br)c1)Nc1cccc(S(=O)(=O)O)c1. The van der Waals surface area contributed by atoms with Crippen molar-refractivity contribution in [2.45, 2.75) is 4.90 Å². The molecule has 0 aliphatic carbocycles. The molecular formula is C13H11BrN2O4S. The van der Waals surface area contributed by atoms with E-state index < -0.39 is 16.1 Å². The highest BCUT2D eigenvalue weighted by molar-refractivity contribution is 9.10. The van der Waals surface area contributed by atoms with E-state index in [0.717, 1.165) is 10.5 Å². The number of hydrogen-bond donors (Lipinski definition) is 3. The summed E-state index contributed by atoms with van der Waals surface area (Å²) in [6.07, 6.45) is 0. The van der Waals surface area contributed by atoms with Crippen LogP contribution in [0.15, 0.2) is 57.9 Å². The van der Waals surface area contributed by atoms with Crippen LogP contribution in [0, 0.1) is 0 Å². The number of carbonyl (C=O) groups is 1. The lowest BCUT2D eigenvalue weighted by atomic mass is 10.3. The molecule has 0 atom stereocenters. The van der Waals surface area contributed by atoms with Crippen molar-refractivity contribution in [2.24, 2.45) is 0 Å². The monoisotopic (exact) mass is 370 g/mol. The Bertz CT molecular complexity index is 777. The van der Waals surface area contributed by atoms with Crippen molar-refractivity contribution in [1.29, 1.82) is 0 Å². The lowest BCUT2D eigenvalue weighted by Crippen LogP contribution is -2.19. The van der Waals surface area contributed by atoms with Crippen LogP contribution in [0.5, 0.6) is 0 Å². The Balaban J connectivity index is 2.10. The average Bonchev–Trinajstić information content (AvgIpc) is 2.37. The van der Waals surface area contributed by atoms with Gasteiger partial charge in [0.25, 0.3) is 10.1 Å². The number of rotatable bonds is 3. The lowest BCUT2D eigenvalue weighted by Gasteiger charge is -2.08. The van der Waals surface area contributed by atoms with Crippen LogP contribution >= 0.6 is 15.9 Å². The second kappa shape index (κ2) is 6.25. The zero-order valence-corrected chi connectivity index (χ0v) is 13.0. The highest BCUT2D eigenvalue weighted by atomic mass is 79.9. The van der Waals surface area contributed by atoms with E-state index >= 15 is 0 Å². The topological polar surface area (TPSA) is 95.5 Å². The van der Waals surface area contributed by atoms with Crippen LogP contribution in [-0.4, -0.2) is 19.0 Å². The molecular weight excluding hydrogens is 360 g/mol. The minimum atomic E-state index is -4.30. The summed E-state index contributed by atoms with van der Waals surface area (Å²) in [4.78, 5) is 11.5. The van der Waals surface area contributed by atoms with Gasteiger partial charge in [0.1, 0.15) is 0 Å². The molecule has 0 saturated heterocycles. The number of amides is 2. The number of halogens is 1. The predicted molar refractivity (Wildman–Crippen MR) is 83.0 cm³/mol. The van der Waals surface area contributed by atoms with Crippen molar-refractivity contribution in [3.63, 3.8) is 0 Å². The molecule has 2 aromatic carbocycles. The summed E-state index contributed by atoms with van der Waals surface area (Å²) in [5.74, 6) is 0. The first kappa shape index (κ1) is 15.5. The molecule has 3 N–H and O–H groups in total. The number of hydrogen-bond acceptors (Lipinski definition) is 3. The molecule has 0 unspecified atom stereocenters. The molecule has 110 valence electrons. The maximum atomic E-state index is 11.8. The summed E-state index contributed by atoms with van der Waals surface area (Å²) >= 11 is 3.28. The van der Waals surface area contributed by atoms with Crippen LogP contribution in [0.3, 0.4) is 0 Å². The smallest absolute Gasteiger partial charge is 0.308 e. The van der Waals surface area contributed by atoms with Gasteiger partial charge in [-0.3, -0.25) is 4.55 Å². The van der Waals surface area contributed by atoms with E-state index in [0.29, 0.717) is 5.69 Å². The normalized spacial score (nSPS) is 11.0. The van der Waals surface area contributed by atoms with Gasteiger partial charge in [-0.15, -0.1) is 0 Å². The van der Waals surface area contributed by atoms with Crippen LogP contribution in [0.25, 0.3) is 0 Å². The van der Waals surface area contributed by atoms with Crippen LogP contribution < -0.4 is 10.6 Å². The van der Waals surface area contributed by atoms with Crippen molar-refractivity contribution in [2.75, 3.05) is 10.6 Å². The van der Waals surface area contributed by atoms with E-state index in [2.05, 4.69) is 26.6 Å². The second-order valence-corrected chi connectivity index (χ2v) is 6.43. The summed E-state index contributed by atoms with van der Waals surface area (Å²) < 4.78 is 31.8. The number of nitrogens with one attached hydrogen (secondary N) is 2. The molecule has 6 nitrogen and oxygen atoms in total. The molecule has 2 rings (SSSR count). The van der Waals surface area contributed by atoms with Gasteiger partial charge in [-0.2, -0.15) is 8.42 Å². The highest BCUT2D eigenvalue weighted by Crippen LogP contribution is 2.17. The Morgan fingerprint density at radius 1 is 1.00 bits per heavy atom. The third kappa shape index (κ3) is 4.55. The van der Waals surface area contributed by atoms with Gasteiger partial charge in [-0.25, -0.2) is 4.79 Å². The zero-order valence-electron chi connectivity index (χ0n) is 10.6. The molecule has 0 fully saturated rings. The molecule has 0 bridgehead atoms. The highest BCUT2D eigenvalue weighted by Gasteiger charge is 2.10. The molecule has 0 radical (unpaired) electrons. The fourth-order valence-corrected chi connectivity index (χ4v) is 2.52. The summed E-state index contributed by atoms with van der Waals surface area (Å²) in [6.45, 7) is 0. The minimum Gasteiger partial charge on any atom is -0.308 e. The Labute approximate surface area is 130 Å². The minimum absolute atomic E-state index is 0.248. The number of anilines is 2. The average molecular weight is 371 g/mol. The first-order valence-electron chi connectivity index (χ1n) is 5.76. The van der Waals surface area contributed by atoms with Gasteiger partial charge in [-0.05, 0) is 36.4 Å². The summed E-state index contributed by atoms with van der Waals surface area (Å²) in [5.41, 5.74) is 0.824. The Morgan fingerprint density at radius 2 is 1.57 bits per heavy atom. The van der Waals surface area contributed by atoms with E-state index in [1.807, 2.05) is 6.07 Å². The Morgan fingerprint density at radius 3 is 2.14 bits per heavy atom. The molecule has 0 aromatic heterocycles. The third-order valence-electron chi connectivity index (χ3n) is 2.47. The van der Waals surface area contributed by atoms with Crippen molar-refractivity contribution in [3.8, 4) is 0 Å². The zero-order chi connectivity index (χ0) is 15.5. The predicted octanol–water partition coefficient (Wildman–Crippen LogP) is 3.34. The molecule has 0 saturated carbocycles. The van der Waals surface area contributed by atoms with Crippen LogP contribution in [0.1, 0.15) is 0 Å². The molecule has 8 heteroatoms. The van der Waals surface area contributed by atoms with E-state index in [1.54, 1.807) is 18.2 Å². The molecule has 0 aliphatic rings. The molecule has 0 spiro atoms. The van der Waals surface area contributed by atoms with Crippen molar-refractivity contribution >= 4 is 43.5 Å². The maximum Gasteiger partial charge on any atom is 0.323 e. The van der Waals surface area contributed by atoms with Gasteiger partial charge in [0.15, 0.2) is 0 Å². The summed E-state index contributed by atoms with van der Waals surface area (Å²) in [5, 5.41) is 5.08. The van der Waals surface area contributed by atoms with Gasteiger partial charge in [-0.1, -0.05) is 28.1 Å². The number of carbonyl (C=O) groups excluding carboxylic acids is 1. The first-order chi connectivity index (χ1) is 9.84. The lowest BCUT2D eigenvalue weighted by molar-refractivity contribution is 0.262. The summed E-state index contributed by atoms with van der Waals surface area (Å²) in [6, 6.07) is 11.8. The maximum absolute atomic E-state index is 11.8. The molecule has 0 aliphatic heterocycles. The van der Waals surface area contributed by atoms with Gasteiger partial charge in [0, 0.05) is 15.8 Å². The first-order valence-corrected chi connectivity index (χ1v) is 7.99. The van der Waals surface area contributed by atoms with Crippen LogP contribution in [0.2, 0.25) is 0 Å². The van der Waals surface area contributed by atoms with Crippen molar-refractivity contribution in [1.82, 2.24) is 0 Å². The third-order valence-corrected chi connectivity index (χ3v) is 3.82. The van der Waals surface area contributed by atoms with E-state index in [-0.39, 0.29) is 10.6 Å². The van der Waals surface area contributed by atoms with Crippen molar-refractivity contribution < 1.29 is 17.8 Å². The van der Waals surface area contributed by atoms with Gasteiger partial charge in [0.2, 0.25) is 0 Å². The van der Waals surface area contributed by atoms with Crippen LogP contribution in [-0.2, 0) is 10.1 Å². The molecule has 2 amide bonds. The van der Waals surface area contributed by atoms with E-state index in [1.165, 1.54) is 18.2 Å². The van der Waals surface area contributed by atoms with E-state index in [9.17, 15) is 13.2 Å². The molecule has 21 heavy (non-hydrogen) atoms. The second-order valence-electron chi connectivity index (χ2n) is 4.09. The molecule has 0 heterocycles. The molecule has 2 aromatic rings. The Kier molecular flexibility index (Phi) is 4.61. The fourth-order valence-electron chi connectivity index (χ4n) is 1.59. The quantitative estimate of drug-likeness (QED) is 0.721. The van der Waals surface area contributed by atoms with Gasteiger partial charge >= 0.3 is 6.03 Å². The van der Waals surface area contributed by atoms with Gasteiger partial charge in [0.05, 0.1) is 4.90 Å². The van der Waals surface area contributed by atoms with E-state index in [4.69, 9.17) is 4.55 Å². The number of benzene rings is 2. The van der Waals surface area contributed by atoms with Crippen LogP contribution in [0.4, 0.5) is 16.2 Å². The standard InChI is InChI=1S/C13H11BrN2O4S/c14-9-3-1-4-10(7-9)15-13(17)16-11-5-2-6-12(8-11)21(18,19)20/h1-8H,(H2,15,16,17)(H,18,19,20). The Hall–Kier alpha value is -1.90. The summed E-state index contributed by atoms with van der Waals surface area (Å²) in [7, 11) is -4.30.